The van der Waals surface area contributed by atoms with E-state index in [1.54, 1.807) is 6.20 Å². The van der Waals surface area contributed by atoms with Crippen molar-refractivity contribution in [3.63, 3.8) is 0 Å². The maximum Gasteiger partial charge on any atom is 0.155 e. The highest BCUT2D eigenvalue weighted by Crippen LogP contribution is 2.45. The van der Waals surface area contributed by atoms with Crippen molar-refractivity contribution in [3.05, 3.63) is 30.2 Å². The van der Waals surface area contributed by atoms with Crippen molar-refractivity contribution in [2.75, 3.05) is 6.54 Å². The van der Waals surface area contributed by atoms with Crippen LogP contribution in [0.3, 0.4) is 0 Å². The van der Waals surface area contributed by atoms with Crippen LogP contribution >= 0.6 is 0 Å². The second-order valence-electron chi connectivity index (χ2n) is 4.62. The minimum atomic E-state index is 0.239. The maximum atomic E-state index is 5.71. The summed E-state index contributed by atoms with van der Waals surface area (Å²) < 4.78 is 1.85. The second-order valence-corrected chi connectivity index (χ2v) is 4.62. The molecule has 4 heteroatoms. The number of rotatable bonds is 3. The Kier molecular flexibility index (Phi) is 2.17. The third-order valence-corrected chi connectivity index (χ3v) is 3.71. The van der Waals surface area contributed by atoms with Crippen molar-refractivity contribution in [1.29, 1.82) is 0 Å². The average molecular weight is 216 g/mol. The van der Waals surface area contributed by atoms with Gasteiger partial charge in [-0.1, -0.05) is 6.42 Å². The Hall–Kier alpha value is -1.42. The van der Waals surface area contributed by atoms with Gasteiger partial charge in [-0.05, 0) is 31.9 Å². The first-order valence-electron chi connectivity index (χ1n) is 5.85. The molecular weight excluding hydrogens is 200 g/mol. The standard InChI is InChI=1S/C12H16N4/c13-6-5-12(3-1-4-12)10-9-11-14-7-2-8-16(11)15-10/h2,7-9H,1,3-6,13H2. The summed E-state index contributed by atoms with van der Waals surface area (Å²) in [7, 11) is 0. The first-order valence-corrected chi connectivity index (χ1v) is 5.85. The van der Waals surface area contributed by atoms with Crippen LogP contribution in [0.1, 0.15) is 31.4 Å². The molecule has 0 spiro atoms. The van der Waals surface area contributed by atoms with E-state index in [1.807, 2.05) is 16.8 Å². The quantitative estimate of drug-likeness (QED) is 0.846. The zero-order valence-electron chi connectivity index (χ0n) is 9.26. The average Bonchev–Trinajstić information content (AvgIpc) is 2.66. The van der Waals surface area contributed by atoms with Crippen LogP contribution in [-0.4, -0.2) is 21.1 Å². The Balaban J connectivity index is 2.04. The molecule has 16 heavy (non-hydrogen) atoms. The van der Waals surface area contributed by atoms with Crippen LogP contribution in [-0.2, 0) is 5.41 Å². The van der Waals surface area contributed by atoms with Gasteiger partial charge in [0, 0.05) is 23.9 Å². The van der Waals surface area contributed by atoms with Gasteiger partial charge in [0.1, 0.15) is 0 Å². The van der Waals surface area contributed by atoms with Gasteiger partial charge in [0.25, 0.3) is 0 Å². The van der Waals surface area contributed by atoms with Crippen LogP contribution in [0, 0.1) is 0 Å². The molecule has 0 saturated heterocycles. The van der Waals surface area contributed by atoms with Crippen molar-refractivity contribution in [3.8, 4) is 0 Å². The van der Waals surface area contributed by atoms with E-state index in [0.717, 1.165) is 18.6 Å². The molecule has 84 valence electrons. The monoisotopic (exact) mass is 216 g/mol. The highest BCUT2D eigenvalue weighted by Gasteiger charge is 2.40. The van der Waals surface area contributed by atoms with E-state index in [4.69, 9.17) is 5.73 Å². The van der Waals surface area contributed by atoms with Gasteiger partial charge in [-0.2, -0.15) is 5.10 Å². The molecule has 3 rings (SSSR count). The molecule has 1 aliphatic rings. The Morgan fingerprint density at radius 2 is 2.31 bits per heavy atom. The fourth-order valence-corrected chi connectivity index (χ4v) is 2.60. The molecule has 1 saturated carbocycles. The number of aromatic nitrogens is 3. The van der Waals surface area contributed by atoms with Crippen molar-refractivity contribution >= 4 is 5.65 Å². The molecule has 0 aliphatic heterocycles. The Morgan fingerprint density at radius 3 is 2.94 bits per heavy atom. The summed E-state index contributed by atoms with van der Waals surface area (Å²) in [6.07, 6.45) is 8.51. The van der Waals surface area contributed by atoms with Crippen molar-refractivity contribution < 1.29 is 0 Å². The molecule has 0 aromatic carbocycles. The molecule has 2 heterocycles. The van der Waals surface area contributed by atoms with Gasteiger partial charge in [0.2, 0.25) is 0 Å². The Bertz CT molecular complexity index is 465. The third kappa shape index (κ3) is 1.33. The number of nitrogens with zero attached hydrogens (tertiary/aromatic N) is 3. The minimum absolute atomic E-state index is 0.239. The minimum Gasteiger partial charge on any atom is -0.330 e. The largest absolute Gasteiger partial charge is 0.330 e. The summed E-state index contributed by atoms with van der Waals surface area (Å²) in [5.41, 5.74) is 8.04. The summed E-state index contributed by atoms with van der Waals surface area (Å²) in [5, 5.41) is 4.62. The van der Waals surface area contributed by atoms with Gasteiger partial charge in [-0.15, -0.1) is 0 Å². The van der Waals surface area contributed by atoms with Crippen molar-refractivity contribution in [2.24, 2.45) is 5.73 Å². The highest BCUT2D eigenvalue weighted by molar-refractivity contribution is 5.41. The lowest BCUT2D eigenvalue weighted by Crippen LogP contribution is -2.36. The Labute approximate surface area is 94.5 Å². The molecular formula is C12H16N4. The zero-order chi connectivity index (χ0) is 11.0. The van der Waals surface area contributed by atoms with Crippen LogP contribution in [0.5, 0.6) is 0 Å². The molecule has 1 fully saturated rings. The van der Waals surface area contributed by atoms with Gasteiger partial charge in [0.05, 0.1) is 5.69 Å². The molecule has 2 aromatic heterocycles. The van der Waals surface area contributed by atoms with Crippen molar-refractivity contribution in [2.45, 2.75) is 31.1 Å². The number of hydrogen-bond donors (Lipinski definition) is 1. The van der Waals surface area contributed by atoms with E-state index in [-0.39, 0.29) is 5.41 Å². The van der Waals surface area contributed by atoms with Gasteiger partial charge >= 0.3 is 0 Å². The van der Waals surface area contributed by atoms with Gasteiger partial charge in [0.15, 0.2) is 5.65 Å². The van der Waals surface area contributed by atoms with Crippen LogP contribution in [0.25, 0.3) is 5.65 Å². The van der Waals surface area contributed by atoms with E-state index in [9.17, 15) is 0 Å². The molecule has 0 radical (unpaired) electrons. The van der Waals surface area contributed by atoms with E-state index in [1.165, 1.54) is 25.0 Å². The van der Waals surface area contributed by atoms with Crippen LogP contribution in [0.4, 0.5) is 0 Å². The first kappa shape index (κ1) is 9.78. The fourth-order valence-electron chi connectivity index (χ4n) is 2.60. The summed E-state index contributed by atoms with van der Waals surface area (Å²) in [4.78, 5) is 4.30. The highest BCUT2D eigenvalue weighted by atomic mass is 15.2. The molecule has 0 atom stereocenters. The molecule has 0 amide bonds. The molecule has 0 unspecified atom stereocenters. The summed E-state index contributed by atoms with van der Waals surface area (Å²) in [6, 6.07) is 4.01. The summed E-state index contributed by atoms with van der Waals surface area (Å²) in [5.74, 6) is 0. The second kappa shape index (κ2) is 3.56. The maximum absolute atomic E-state index is 5.71. The lowest BCUT2D eigenvalue weighted by atomic mass is 9.64. The van der Waals surface area contributed by atoms with Crippen LogP contribution in [0.15, 0.2) is 24.5 Å². The van der Waals surface area contributed by atoms with E-state index in [2.05, 4.69) is 16.1 Å². The predicted molar refractivity (Wildman–Crippen MR) is 62.2 cm³/mol. The van der Waals surface area contributed by atoms with Crippen LogP contribution < -0.4 is 5.73 Å². The van der Waals surface area contributed by atoms with Crippen LogP contribution in [0.2, 0.25) is 0 Å². The molecule has 0 bridgehead atoms. The van der Waals surface area contributed by atoms with E-state index >= 15 is 0 Å². The lowest BCUT2D eigenvalue weighted by molar-refractivity contribution is 0.222. The summed E-state index contributed by atoms with van der Waals surface area (Å²) in [6.45, 7) is 0.737. The van der Waals surface area contributed by atoms with Gasteiger partial charge < -0.3 is 5.73 Å². The molecule has 1 aliphatic carbocycles. The lowest BCUT2D eigenvalue weighted by Gasteiger charge is -2.40. The number of nitrogens with two attached hydrogens (primary N) is 1. The van der Waals surface area contributed by atoms with E-state index in [0.29, 0.717) is 0 Å². The number of hydrogen-bond acceptors (Lipinski definition) is 3. The van der Waals surface area contributed by atoms with E-state index < -0.39 is 0 Å². The molecule has 2 N–H and O–H groups in total. The van der Waals surface area contributed by atoms with Gasteiger partial charge in [-0.25, -0.2) is 9.50 Å². The molecule has 4 nitrogen and oxygen atoms in total. The number of fused-ring (bicyclic) bond motifs is 1. The fraction of sp³-hybridized carbons (Fsp3) is 0.500. The Morgan fingerprint density at radius 1 is 1.44 bits per heavy atom. The zero-order valence-corrected chi connectivity index (χ0v) is 9.26. The molecule has 2 aromatic rings. The topological polar surface area (TPSA) is 56.2 Å². The van der Waals surface area contributed by atoms with Crippen molar-refractivity contribution in [1.82, 2.24) is 14.6 Å². The first-order chi connectivity index (χ1) is 7.84. The predicted octanol–water partition coefficient (Wildman–Crippen LogP) is 1.50. The smallest absolute Gasteiger partial charge is 0.155 e. The summed E-state index contributed by atoms with van der Waals surface area (Å²) >= 11 is 0. The normalized spacial score (nSPS) is 18.6. The third-order valence-electron chi connectivity index (χ3n) is 3.71. The SMILES string of the molecule is NCCC1(c2cc3ncccn3n2)CCC1. The van der Waals surface area contributed by atoms with Gasteiger partial charge in [-0.3, -0.25) is 0 Å².